The molecule has 0 bridgehead atoms. The highest BCUT2D eigenvalue weighted by Crippen LogP contribution is 2.24. The van der Waals surface area contributed by atoms with E-state index in [1.165, 1.54) is 212 Å². The van der Waals surface area contributed by atoms with Gasteiger partial charge < -0.3 is 14.4 Å². The van der Waals surface area contributed by atoms with Crippen LogP contribution in [0.2, 0.25) is 0 Å². The van der Waals surface area contributed by atoms with Crippen LogP contribution >= 0.6 is 0 Å². The second-order valence-corrected chi connectivity index (χ2v) is 14.3. The fraction of sp³-hybridized carbons (Fsp3) is 1.00. The molecule has 1 aliphatic rings. The molecular weight excluding hydrogens is 526 g/mol. The van der Waals surface area contributed by atoms with Crippen molar-refractivity contribution in [2.24, 2.45) is 5.92 Å². The highest BCUT2D eigenvalue weighted by atomic mass is 16.5. The zero-order valence-electron chi connectivity index (χ0n) is 30.2. The summed E-state index contributed by atoms with van der Waals surface area (Å²) in [5, 5.41) is 0. The summed E-state index contributed by atoms with van der Waals surface area (Å²) in [6.07, 6.45) is 42.5. The maximum absolute atomic E-state index is 6.50. The molecule has 1 unspecified atom stereocenters. The molecule has 43 heavy (non-hydrogen) atoms. The van der Waals surface area contributed by atoms with Crippen LogP contribution in [0.15, 0.2) is 0 Å². The lowest BCUT2D eigenvalue weighted by atomic mass is 9.90. The zero-order valence-corrected chi connectivity index (χ0v) is 30.2. The van der Waals surface area contributed by atoms with E-state index in [1.54, 1.807) is 0 Å². The number of likely N-dealkylation sites (tertiary alicyclic amines) is 1. The Hall–Kier alpha value is -0.120. The van der Waals surface area contributed by atoms with Crippen molar-refractivity contribution in [1.29, 1.82) is 0 Å². The molecule has 0 N–H and O–H groups in total. The summed E-state index contributed by atoms with van der Waals surface area (Å²) < 4.78 is 11.7. The van der Waals surface area contributed by atoms with Crippen LogP contribution in [0.5, 0.6) is 0 Å². The van der Waals surface area contributed by atoms with Crippen LogP contribution < -0.4 is 0 Å². The Kier molecular flexibility index (Phi) is 31.6. The average Bonchev–Trinajstić information content (AvgIpc) is 3.54. The van der Waals surface area contributed by atoms with Gasteiger partial charge >= 0.3 is 0 Å². The maximum atomic E-state index is 6.50. The lowest BCUT2D eigenvalue weighted by Gasteiger charge is -2.19. The molecule has 3 nitrogen and oxygen atoms in total. The van der Waals surface area contributed by atoms with E-state index in [0.29, 0.717) is 6.10 Å². The summed E-state index contributed by atoms with van der Waals surface area (Å²) in [4.78, 5) is 2.65. The van der Waals surface area contributed by atoms with E-state index in [4.69, 9.17) is 9.47 Å². The van der Waals surface area contributed by atoms with Gasteiger partial charge in [0.05, 0.1) is 6.10 Å². The molecule has 0 amide bonds. The van der Waals surface area contributed by atoms with Crippen molar-refractivity contribution in [3.05, 3.63) is 0 Å². The smallest absolute Gasteiger partial charge is 0.0575 e. The molecule has 0 aromatic rings. The Morgan fingerprint density at radius 3 is 1.37 bits per heavy atom. The van der Waals surface area contributed by atoms with Crippen LogP contribution in [0.4, 0.5) is 0 Å². The van der Waals surface area contributed by atoms with Crippen molar-refractivity contribution in [1.82, 2.24) is 4.90 Å². The Bertz CT molecular complexity index is 511. The predicted molar refractivity (Wildman–Crippen MR) is 191 cm³/mol. The van der Waals surface area contributed by atoms with Gasteiger partial charge in [0.15, 0.2) is 0 Å². The van der Waals surface area contributed by atoms with Gasteiger partial charge in [0.25, 0.3) is 0 Å². The van der Waals surface area contributed by atoms with Crippen LogP contribution in [0, 0.1) is 5.92 Å². The van der Waals surface area contributed by atoms with E-state index < -0.39 is 0 Å². The van der Waals surface area contributed by atoms with Crippen molar-refractivity contribution in [2.45, 2.75) is 213 Å². The van der Waals surface area contributed by atoms with Crippen LogP contribution in [-0.4, -0.2) is 51.0 Å². The number of hydrogen-bond donors (Lipinski definition) is 0. The third-order valence-electron chi connectivity index (χ3n) is 10.1. The van der Waals surface area contributed by atoms with Gasteiger partial charge in [-0.2, -0.15) is 0 Å². The predicted octanol–water partition coefficient (Wildman–Crippen LogP) is 12.7. The van der Waals surface area contributed by atoms with Gasteiger partial charge in [0.1, 0.15) is 0 Å². The lowest BCUT2D eigenvalue weighted by Crippen LogP contribution is -2.21. The second kappa shape index (κ2) is 33.2. The minimum absolute atomic E-state index is 0.510. The largest absolute Gasteiger partial charge is 0.385 e. The molecule has 0 radical (unpaired) electrons. The van der Waals surface area contributed by atoms with Gasteiger partial charge in [0, 0.05) is 20.3 Å². The monoisotopic (exact) mass is 608 g/mol. The summed E-state index contributed by atoms with van der Waals surface area (Å²) in [6, 6.07) is 0. The number of nitrogens with zero attached hydrogens (tertiary/aromatic N) is 1. The Morgan fingerprint density at radius 2 is 0.884 bits per heavy atom. The Labute approximate surface area is 272 Å². The fourth-order valence-electron chi connectivity index (χ4n) is 7.17. The minimum Gasteiger partial charge on any atom is -0.385 e. The number of rotatable bonds is 35. The summed E-state index contributed by atoms with van der Waals surface area (Å²) in [5.74, 6) is 1.02. The van der Waals surface area contributed by atoms with Crippen LogP contribution in [0.3, 0.4) is 0 Å². The van der Waals surface area contributed by atoms with E-state index in [2.05, 4.69) is 18.7 Å². The molecule has 0 spiro atoms. The zero-order chi connectivity index (χ0) is 30.9. The van der Waals surface area contributed by atoms with Crippen molar-refractivity contribution in [3.8, 4) is 0 Å². The van der Waals surface area contributed by atoms with E-state index in [1.807, 2.05) is 7.11 Å². The number of unbranched alkanes of at least 4 members (excludes halogenated alkanes) is 18. The first-order valence-electron chi connectivity index (χ1n) is 20.1. The van der Waals surface area contributed by atoms with E-state index in [0.717, 1.165) is 19.1 Å². The molecule has 1 aliphatic heterocycles. The molecule has 0 aromatic carbocycles. The molecule has 0 aromatic heterocycles. The standard InChI is InChI=1S/C40H81NO2/c1-4-6-19-29-39(30-20-7-5-2)31-21-15-11-8-9-12-16-22-32-40(33-23-17-13-10-14-18-27-37-42-3)43-38-28-26-36-41-34-24-25-35-41/h39-40H,4-38H2,1-3H3. The third kappa shape index (κ3) is 27.9. The van der Waals surface area contributed by atoms with Crippen LogP contribution in [-0.2, 0) is 9.47 Å². The summed E-state index contributed by atoms with van der Waals surface area (Å²) in [7, 11) is 1.81. The first kappa shape index (κ1) is 40.9. The summed E-state index contributed by atoms with van der Waals surface area (Å²) >= 11 is 0. The van der Waals surface area contributed by atoms with Gasteiger partial charge in [-0.1, -0.05) is 162 Å². The van der Waals surface area contributed by atoms with Gasteiger partial charge in [-0.05, 0) is 70.5 Å². The molecule has 1 heterocycles. The van der Waals surface area contributed by atoms with Crippen molar-refractivity contribution < 1.29 is 9.47 Å². The quantitative estimate of drug-likeness (QED) is 0.0669. The molecule has 258 valence electrons. The minimum atomic E-state index is 0.510. The van der Waals surface area contributed by atoms with Crippen molar-refractivity contribution in [2.75, 3.05) is 40.0 Å². The SMILES string of the molecule is CCCCCC(CCCCC)CCCCCCCCCCC(CCCCCCCCCOC)OCCCCN1CCCC1. The fourth-order valence-corrected chi connectivity index (χ4v) is 7.17. The first-order valence-corrected chi connectivity index (χ1v) is 20.1. The number of hydrogen-bond acceptors (Lipinski definition) is 3. The van der Waals surface area contributed by atoms with Gasteiger partial charge in [-0.3, -0.25) is 0 Å². The number of methoxy groups -OCH3 is 1. The van der Waals surface area contributed by atoms with E-state index in [-0.39, 0.29) is 0 Å². The summed E-state index contributed by atoms with van der Waals surface area (Å²) in [5.41, 5.74) is 0. The lowest BCUT2D eigenvalue weighted by molar-refractivity contribution is 0.0351. The highest BCUT2D eigenvalue weighted by Gasteiger charge is 2.12. The second-order valence-electron chi connectivity index (χ2n) is 14.3. The van der Waals surface area contributed by atoms with Gasteiger partial charge in [-0.15, -0.1) is 0 Å². The molecular formula is C40H81NO2. The van der Waals surface area contributed by atoms with Crippen molar-refractivity contribution >= 4 is 0 Å². The van der Waals surface area contributed by atoms with Crippen molar-refractivity contribution in [3.63, 3.8) is 0 Å². The maximum Gasteiger partial charge on any atom is 0.0575 e. The van der Waals surface area contributed by atoms with Crippen LogP contribution in [0.25, 0.3) is 0 Å². The van der Waals surface area contributed by atoms with Crippen LogP contribution in [0.1, 0.15) is 206 Å². The van der Waals surface area contributed by atoms with E-state index >= 15 is 0 Å². The Morgan fingerprint density at radius 1 is 0.465 bits per heavy atom. The third-order valence-corrected chi connectivity index (χ3v) is 10.1. The molecule has 1 rings (SSSR count). The molecule has 1 saturated heterocycles. The molecule has 1 fully saturated rings. The highest BCUT2D eigenvalue weighted by molar-refractivity contribution is 4.66. The normalized spacial score (nSPS) is 14.8. The molecule has 0 aliphatic carbocycles. The molecule has 1 atom stereocenters. The first-order chi connectivity index (χ1) is 21.3. The number of ether oxygens (including phenoxy) is 2. The Balaban J connectivity index is 2.11. The summed E-state index contributed by atoms with van der Waals surface area (Å²) in [6.45, 7) is 10.5. The topological polar surface area (TPSA) is 21.7 Å². The van der Waals surface area contributed by atoms with Gasteiger partial charge in [-0.25, -0.2) is 0 Å². The average molecular weight is 608 g/mol. The van der Waals surface area contributed by atoms with Gasteiger partial charge in [0.2, 0.25) is 0 Å². The molecule has 3 heteroatoms. The van der Waals surface area contributed by atoms with E-state index in [9.17, 15) is 0 Å². The molecule has 0 saturated carbocycles.